The van der Waals surface area contributed by atoms with E-state index in [0.717, 1.165) is 0 Å². The molecule has 1 saturated heterocycles. The summed E-state index contributed by atoms with van der Waals surface area (Å²) in [5.41, 5.74) is 0. The molecule has 1 heterocycles. The fourth-order valence-corrected chi connectivity index (χ4v) is 3.26. The van der Waals surface area contributed by atoms with Gasteiger partial charge in [0.25, 0.3) is 0 Å². The van der Waals surface area contributed by atoms with Crippen molar-refractivity contribution in [2.75, 3.05) is 0 Å². The van der Waals surface area contributed by atoms with Crippen LogP contribution in [0.15, 0.2) is 35.2 Å². The van der Waals surface area contributed by atoms with E-state index in [-0.39, 0.29) is 11.3 Å². The molecule has 1 aromatic carbocycles. The summed E-state index contributed by atoms with van der Waals surface area (Å²) in [4.78, 5) is 11.3. The number of aliphatic hydroxyl groups excluding tert-OH is 1. The number of hydrogen-bond donors (Lipinski definition) is 2. The Labute approximate surface area is 111 Å². The van der Waals surface area contributed by atoms with Gasteiger partial charge in [-0.15, -0.1) is 0 Å². The quantitative estimate of drug-likeness (QED) is 0.761. The van der Waals surface area contributed by atoms with Gasteiger partial charge in [-0.25, -0.2) is 13.1 Å². The molecule has 104 valence electrons. The van der Waals surface area contributed by atoms with Crippen LogP contribution in [0.25, 0.3) is 0 Å². The van der Waals surface area contributed by atoms with E-state index >= 15 is 0 Å². The van der Waals surface area contributed by atoms with Crippen LogP contribution in [-0.4, -0.2) is 37.7 Å². The van der Waals surface area contributed by atoms with Crippen molar-refractivity contribution in [1.29, 1.82) is 0 Å². The maximum absolute atomic E-state index is 12.1. The highest BCUT2D eigenvalue weighted by Crippen LogP contribution is 2.20. The number of ether oxygens (including phenoxy) is 1. The Morgan fingerprint density at radius 3 is 2.58 bits per heavy atom. The van der Waals surface area contributed by atoms with Crippen molar-refractivity contribution in [2.45, 2.75) is 36.5 Å². The number of carbonyl (C=O) groups is 1. The standard InChI is InChI=1S/C12H15NO5S/c1-8(14)12-10(7-11(15)18-12)13-19(16,17)9-5-3-2-4-6-9/h2-6,8,10,12-14H,7H2,1H3/t8-,10-,12+/m1/s1. The first-order valence-electron chi connectivity index (χ1n) is 5.85. The molecular weight excluding hydrogens is 270 g/mol. The number of sulfonamides is 1. The maximum atomic E-state index is 12.1. The molecule has 1 aromatic rings. The van der Waals surface area contributed by atoms with E-state index in [9.17, 15) is 18.3 Å². The smallest absolute Gasteiger partial charge is 0.307 e. The Kier molecular flexibility index (Phi) is 3.88. The van der Waals surface area contributed by atoms with Gasteiger partial charge < -0.3 is 9.84 Å². The van der Waals surface area contributed by atoms with Crippen molar-refractivity contribution >= 4 is 16.0 Å². The monoisotopic (exact) mass is 285 g/mol. The summed E-state index contributed by atoms with van der Waals surface area (Å²) in [5, 5.41) is 9.50. The highest BCUT2D eigenvalue weighted by Gasteiger charge is 2.40. The van der Waals surface area contributed by atoms with Crippen molar-refractivity contribution in [3.05, 3.63) is 30.3 Å². The first-order valence-corrected chi connectivity index (χ1v) is 7.33. The van der Waals surface area contributed by atoms with E-state index in [1.807, 2.05) is 0 Å². The summed E-state index contributed by atoms with van der Waals surface area (Å²) in [6.45, 7) is 1.45. The third kappa shape index (κ3) is 3.12. The van der Waals surface area contributed by atoms with E-state index in [1.165, 1.54) is 19.1 Å². The van der Waals surface area contributed by atoms with Crippen LogP contribution in [0.5, 0.6) is 0 Å². The molecule has 1 aliphatic heterocycles. The van der Waals surface area contributed by atoms with Gasteiger partial charge in [-0.05, 0) is 19.1 Å². The molecule has 0 amide bonds. The van der Waals surface area contributed by atoms with Crippen LogP contribution in [0, 0.1) is 0 Å². The topological polar surface area (TPSA) is 92.7 Å². The predicted octanol–water partition coefficient (Wildman–Crippen LogP) is 0.0298. The molecule has 1 fully saturated rings. The first kappa shape index (κ1) is 14.0. The molecule has 0 aromatic heterocycles. The number of rotatable bonds is 4. The van der Waals surface area contributed by atoms with E-state index in [1.54, 1.807) is 18.2 Å². The van der Waals surface area contributed by atoms with Gasteiger partial charge in [-0.1, -0.05) is 18.2 Å². The predicted molar refractivity (Wildman–Crippen MR) is 66.7 cm³/mol. The fraction of sp³-hybridized carbons (Fsp3) is 0.417. The van der Waals surface area contributed by atoms with Crippen molar-refractivity contribution in [2.24, 2.45) is 0 Å². The molecule has 7 heteroatoms. The van der Waals surface area contributed by atoms with Gasteiger partial charge in [0.1, 0.15) is 6.10 Å². The number of aliphatic hydroxyl groups is 1. The van der Waals surface area contributed by atoms with Gasteiger partial charge in [-0.3, -0.25) is 4.79 Å². The molecule has 0 aliphatic carbocycles. The van der Waals surface area contributed by atoms with Gasteiger partial charge >= 0.3 is 5.97 Å². The lowest BCUT2D eigenvalue weighted by atomic mass is 10.1. The number of benzene rings is 1. The van der Waals surface area contributed by atoms with Crippen LogP contribution in [0.2, 0.25) is 0 Å². The summed E-state index contributed by atoms with van der Waals surface area (Å²) in [6.07, 6.45) is -1.87. The summed E-state index contributed by atoms with van der Waals surface area (Å²) < 4.78 is 31.5. The first-order chi connectivity index (χ1) is 8.90. The molecular formula is C12H15NO5S. The third-order valence-corrected chi connectivity index (χ3v) is 4.39. The molecule has 1 aliphatic rings. The Bertz CT molecular complexity index is 555. The van der Waals surface area contributed by atoms with Crippen molar-refractivity contribution in [3.8, 4) is 0 Å². The molecule has 0 radical (unpaired) electrons. The molecule has 2 rings (SSSR count). The molecule has 2 N–H and O–H groups in total. The number of nitrogens with one attached hydrogen (secondary N) is 1. The van der Waals surface area contributed by atoms with Gasteiger partial charge in [0.05, 0.1) is 23.5 Å². The fourth-order valence-electron chi connectivity index (χ4n) is 1.99. The molecule has 0 spiro atoms. The molecule has 6 nitrogen and oxygen atoms in total. The van der Waals surface area contributed by atoms with Gasteiger partial charge in [0, 0.05) is 0 Å². The van der Waals surface area contributed by atoms with Crippen LogP contribution >= 0.6 is 0 Å². The lowest BCUT2D eigenvalue weighted by Crippen LogP contribution is -2.44. The van der Waals surface area contributed by atoms with Gasteiger partial charge in [-0.2, -0.15) is 0 Å². The second-order valence-corrected chi connectivity index (χ2v) is 6.15. The number of hydrogen-bond acceptors (Lipinski definition) is 5. The minimum atomic E-state index is -3.73. The van der Waals surface area contributed by atoms with E-state index in [2.05, 4.69) is 4.72 Å². The largest absolute Gasteiger partial charge is 0.458 e. The average molecular weight is 285 g/mol. The van der Waals surface area contributed by atoms with Crippen molar-refractivity contribution < 1.29 is 23.1 Å². The van der Waals surface area contributed by atoms with Crippen LogP contribution in [0.1, 0.15) is 13.3 Å². The normalized spacial score (nSPS) is 25.1. The van der Waals surface area contributed by atoms with E-state index in [0.29, 0.717) is 0 Å². The lowest BCUT2D eigenvalue weighted by Gasteiger charge is -2.20. The molecule has 0 unspecified atom stereocenters. The highest BCUT2D eigenvalue weighted by molar-refractivity contribution is 7.89. The summed E-state index contributed by atoms with van der Waals surface area (Å²) >= 11 is 0. The molecule has 3 atom stereocenters. The number of cyclic esters (lactones) is 1. The molecule has 19 heavy (non-hydrogen) atoms. The highest BCUT2D eigenvalue weighted by atomic mass is 32.2. The summed E-state index contributed by atoms with van der Waals surface area (Å²) in [6, 6.07) is 7.08. The van der Waals surface area contributed by atoms with E-state index in [4.69, 9.17) is 4.74 Å². The van der Waals surface area contributed by atoms with Crippen molar-refractivity contribution in [1.82, 2.24) is 4.72 Å². The summed E-state index contributed by atoms with van der Waals surface area (Å²) in [7, 11) is -3.73. The SMILES string of the molecule is C[C@@H](O)[C@@H]1OC(=O)C[C@H]1NS(=O)(=O)c1ccccc1. The third-order valence-electron chi connectivity index (χ3n) is 2.89. The van der Waals surface area contributed by atoms with Crippen LogP contribution in [-0.2, 0) is 19.6 Å². The molecule has 0 saturated carbocycles. The second kappa shape index (κ2) is 5.28. The minimum Gasteiger partial charge on any atom is -0.458 e. The minimum absolute atomic E-state index is 0.0817. The van der Waals surface area contributed by atoms with Gasteiger partial charge in [0.15, 0.2) is 0 Å². The zero-order chi connectivity index (χ0) is 14.0. The number of carbonyl (C=O) groups excluding carboxylic acids is 1. The van der Waals surface area contributed by atoms with Crippen LogP contribution < -0.4 is 4.72 Å². The van der Waals surface area contributed by atoms with E-state index < -0.39 is 34.2 Å². The molecule has 0 bridgehead atoms. The Morgan fingerprint density at radius 2 is 2.00 bits per heavy atom. The Morgan fingerprint density at radius 1 is 1.37 bits per heavy atom. The second-order valence-electron chi connectivity index (χ2n) is 4.44. The van der Waals surface area contributed by atoms with Crippen molar-refractivity contribution in [3.63, 3.8) is 0 Å². The zero-order valence-corrected chi connectivity index (χ0v) is 11.1. The maximum Gasteiger partial charge on any atom is 0.307 e. The Hall–Kier alpha value is -1.44. The Balaban J connectivity index is 2.18. The van der Waals surface area contributed by atoms with Crippen LogP contribution in [0.4, 0.5) is 0 Å². The van der Waals surface area contributed by atoms with Crippen LogP contribution in [0.3, 0.4) is 0 Å². The summed E-state index contributed by atoms with van der Waals surface area (Å²) in [5.74, 6) is -0.522. The van der Waals surface area contributed by atoms with Gasteiger partial charge in [0.2, 0.25) is 10.0 Å². The lowest BCUT2D eigenvalue weighted by molar-refractivity contribution is -0.145. The zero-order valence-electron chi connectivity index (χ0n) is 10.3. The average Bonchev–Trinajstić information content (AvgIpc) is 2.71. The number of esters is 1.